The van der Waals surface area contributed by atoms with Gasteiger partial charge in [-0.2, -0.15) is 0 Å². The number of rotatable bonds is 5. The van der Waals surface area contributed by atoms with E-state index in [4.69, 9.17) is 10.2 Å². The van der Waals surface area contributed by atoms with Crippen molar-refractivity contribution in [3.63, 3.8) is 0 Å². The first-order chi connectivity index (χ1) is 4.70. The van der Waals surface area contributed by atoms with Crippen molar-refractivity contribution in [3.8, 4) is 0 Å². The Hall–Kier alpha value is -0.160. The highest BCUT2D eigenvalue weighted by atomic mass is 16.5. The van der Waals surface area contributed by atoms with Gasteiger partial charge in [-0.25, -0.2) is 0 Å². The van der Waals surface area contributed by atoms with Crippen LogP contribution in [-0.4, -0.2) is 46.5 Å². The standard InChI is InChI=1S/C7H17NO2.H2O/c1-3-8(4-2)6-5-7(9)10;/h7,9-10H,3-6H2,1-2H3;1H2. The van der Waals surface area contributed by atoms with E-state index in [-0.39, 0.29) is 5.48 Å². The second kappa shape index (κ2) is 7.94. The van der Waals surface area contributed by atoms with E-state index in [2.05, 4.69) is 18.7 Å². The normalized spacial score (nSPS) is 10.4. The molecule has 0 aliphatic carbocycles. The van der Waals surface area contributed by atoms with Gasteiger partial charge in [-0.05, 0) is 13.1 Å². The molecule has 0 fully saturated rings. The van der Waals surface area contributed by atoms with Crippen LogP contribution in [0.3, 0.4) is 0 Å². The van der Waals surface area contributed by atoms with Crippen LogP contribution in [0, 0.1) is 0 Å². The smallest absolute Gasteiger partial charge is 0.152 e. The lowest BCUT2D eigenvalue weighted by molar-refractivity contribution is -0.0498. The molecule has 0 amide bonds. The molecule has 0 aromatic heterocycles. The van der Waals surface area contributed by atoms with Gasteiger partial charge in [0, 0.05) is 13.0 Å². The van der Waals surface area contributed by atoms with E-state index in [1.165, 1.54) is 0 Å². The maximum atomic E-state index is 8.52. The molecule has 0 aromatic carbocycles. The molecule has 4 heteroatoms. The van der Waals surface area contributed by atoms with Gasteiger partial charge in [0.1, 0.15) is 0 Å². The molecule has 4 nitrogen and oxygen atoms in total. The highest BCUT2D eigenvalue weighted by molar-refractivity contribution is 4.52. The van der Waals surface area contributed by atoms with Crippen molar-refractivity contribution in [1.82, 2.24) is 4.90 Å². The molecule has 70 valence electrons. The molecule has 0 rings (SSSR count). The average Bonchev–Trinajstić information content (AvgIpc) is 1.90. The Morgan fingerprint density at radius 2 is 1.64 bits per heavy atom. The maximum absolute atomic E-state index is 8.52. The van der Waals surface area contributed by atoms with Crippen LogP contribution in [0.1, 0.15) is 20.3 Å². The lowest BCUT2D eigenvalue weighted by Gasteiger charge is -2.17. The van der Waals surface area contributed by atoms with Gasteiger partial charge in [-0.15, -0.1) is 0 Å². The van der Waals surface area contributed by atoms with Crippen LogP contribution in [0.15, 0.2) is 0 Å². The summed E-state index contributed by atoms with van der Waals surface area (Å²) in [4.78, 5) is 2.15. The second-order valence-electron chi connectivity index (χ2n) is 2.30. The third-order valence-electron chi connectivity index (χ3n) is 1.60. The summed E-state index contributed by atoms with van der Waals surface area (Å²) in [7, 11) is 0. The minimum Gasteiger partial charge on any atom is -0.412 e. The molecule has 0 aliphatic rings. The first-order valence-electron chi connectivity index (χ1n) is 3.79. The lowest BCUT2D eigenvalue weighted by atomic mass is 10.3. The van der Waals surface area contributed by atoms with Crippen LogP contribution in [0.5, 0.6) is 0 Å². The van der Waals surface area contributed by atoms with Gasteiger partial charge in [0.05, 0.1) is 0 Å². The molecule has 0 aliphatic heterocycles. The Morgan fingerprint density at radius 1 is 1.18 bits per heavy atom. The van der Waals surface area contributed by atoms with E-state index in [0.29, 0.717) is 6.42 Å². The first-order valence-corrected chi connectivity index (χ1v) is 3.79. The fraction of sp³-hybridized carbons (Fsp3) is 1.00. The summed E-state index contributed by atoms with van der Waals surface area (Å²) in [5.74, 6) is 0. The zero-order valence-electron chi connectivity index (χ0n) is 7.25. The predicted molar refractivity (Wildman–Crippen MR) is 44.2 cm³/mol. The maximum Gasteiger partial charge on any atom is 0.152 e. The highest BCUT2D eigenvalue weighted by Crippen LogP contribution is 1.92. The molecule has 0 aromatic rings. The molecular formula is C7H19NO3. The van der Waals surface area contributed by atoms with Crippen LogP contribution in [0.2, 0.25) is 0 Å². The fourth-order valence-electron chi connectivity index (χ4n) is 0.838. The van der Waals surface area contributed by atoms with Gasteiger partial charge in [-0.3, -0.25) is 0 Å². The van der Waals surface area contributed by atoms with E-state index in [1.54, 1.807) is 0 Å². The Morgan fingerprint density at radius 3 is 1.91 bits per heavy atom. The molecule has 0 saturated carbocycles. The first kappa shape index (κ1) is 13.4. The van der Waals surface area contributed by atoms with Crippen LogP contribution in [-0.2, 0) is 0 Å². The molecule has 0 atom stereocenters. The average molecular weight is 165 g/mol. The zero-order chi connectivity index (χ0) is 7.98. The molecule has 11 heavy (non-hydrogen) atoms. The van der Waals surface area contributed by atoms with E-state index < -0.39 is 6.29 Å². The van der Waals surface area contributed by atoms with Crippen LogP contribution in [0.4, 0.5) is 0 Å². The topological polar surface area (TPSA) is 75.2 Å². The van der Waals surface area contributed by atoms with Crippen LogP contribution < -0.4 is 0 Å². The molecule has 0 radical (unpaired) electrons. The summed E-state index contributed by atoms with van der Waals surface area (Å²) in [6, 6.07) is 0. The van der Waals surface area contributed by atoms with Gasteiger partial charge in [0.15, 0.2) is 6.29 Å². The Bertz CT molecular complexity index is 74.1. The van der Waals surface area contributed by atoms with Gasteiger partial charge in [0.2, 0.25) is 0 Å². The van der Waals surface area contributed by atoms with Crippen molar-refractivity contribution < 1.29 is 15.7 Å². The SMILES string of the molecule is CCN(CC)CCC(O)O.O. The highest BCUT2D eigenvalue weighted by Gasteiger charge is 2.01. The van der Waals surface area contributed by atoms with E-state index in [9.17, 15) is 0 Å². The van der Waals surface area contributed by atoms with Crippen molar-refractivity contribution in [2.24, 2.45) is 0 Å². The second-order valence-corrected chi connectivity index (χ2v) is 2.30. The molecule has 0 saturated heterocycles. The summed E-state index contributed by atoms with van der Waals surface area (Å²) in [5.41, 5.74) is 0. The summed E-state index contributed by atoms with van der Waals surface area (Å²) >= 11 is 0. The van der Waals surface area contributed by atoms with Gasteiger partial charge in [0.25, 0.3) is 0 Å². The predicted octanol–water partition coefficient (Wildman–Crippen LogP) is -0.796. The van der Waals surface area contributed by atoms with Crippen LogP contribution in [0.25, 0.3) is 0 Å². The van der Waals surface area contributed by atoms with Crippen molar-refractivity contribution in [3.05, 3.63) is 0 Å². The summed E-state index contributed by atoms with van der Waals surface area (Å²) in [6.45, 7) is 6.84. The molecule has 0 spiro atoms. The van der Waals surface area contributed by atoms with Gasteiger partial charge >= 0.3 is 0 Å². The Labute approximate surface area is 67.8 Å². The zero-order valence-corrected chi connectivity index (χ0v) is 7.25. The number of nitrogens with zero attached hydrogens (tertiary/aromatic N) is 1. The summed E-state index contributed by atoms with van der Waals surface area (Å²) < 4.78 is 0. The molecule has 0 heterocycles. The van der Waals surface area contributed by atoms with Crippen molar-refractivity contribution >= 4 is 0 Å². The molecular weight excluding hydrogens is 146 g/mol. The number of hydrogen-bond donors (Lipinski definition) is 2. The van der Waals surface area contributed by atoms with E-state index >= 15 is 0 Å². The fourth-order valence-corrected chi connectivity index (χ4v) is 0.838. The molecule has 0 bridgehead atoms. The summed E-state index contributed by atoms with van der Waals surface area (Å²) in [5, 5.41) is 17.0. The number of hydrogen-bond acceptors (Lipinski definition) is 3. The van der Waals surface area contributed by atoms with Crippen molar-refractivity contribution in [1.29, 1.82) is 0 Å². The minimum atomic E-state index is -1.15. The minimum absolute atomic E-state index is 0. The third kappa shape index (κ3) is 7.74. The van der Waals surface area contributed by atoms with E-state index in [0.717, 1.165) is 19.6 Å². The summed E-state index contributed by atoms with van der Waals surface area (Å²) in [6.07, 6.45) is -0.706. The molecule has 0 unspecified atom stereocenters. The van der Waals surface area contributed by atoms with Crippen LogP contribution >= 0.6 is 0 Å². The third-order valence-corrected chi connectivity index (χ3v) is 1.60. The number of aliphatic hydroxyl groups is 2. The Balaban J connectivity index is 0. The van der Waals surface area contributed by atoms with Crippen molar-refractivity contribution in [2.75, 3.05) is 19.6 Å². The van der Waals surface area contributed by atoms with E-state index in [1.807, 2.05) is 0 Å². The quantitative estimate of drug-likeness (QED) is 0.524. The van der Waals surface area contributed by atoms with Gasteiger partial charge in [-0.1, -0.05) is 13.8 Å². The number of aliphatic hydroxyl groups excluding tert-OH is 1. The van der Waals surface area contributed by atoms with Gasteiger partial charge < -0.3 is 20.6 Å². The Kier molecular flexibility index (Phi) is 9.70. The van der Waals surface area contributed by atoms with Crippen molar-refractivity contribution in [2.45, 2.75) is 26.6 Å². The largest absolute Gasteiger partial charge is 0.412 e. The lowest BCUT2D eigenvalue weighted by Crippen LogP contribution is -2.26. The molecule has 4 N–H and O–H groups in total. The monoisotopic (exact) mass is 165 g/mol.